The molecule has 2 atom stereocenters. The molecule has 1 aromatic carbocycles. The second-order valence-electron chi connectivity index (χ2n) is 11.1. The zero-order chi connectivity index (χ0) is 25.9. The third-order valence-electron chi connectivity index (χ3n) is 8.07. The van der Waals surface area contributed by atoms with E-state index >= 15 is 0 Å². The summed E-state index contributed by atoms with van der Waals surface area (Å²) in [6.45, 7) is 7.05. The third kappa shape index (κ3) is 4.35. The van der Waals surface area contributed by atoms with E-state index in [1.807, 2.05) is 26.0 Å². The number of fused-ring (bicyclic) bond motifs is 1. The van der Waals surface area contributed by atoms with Crippen LogP contribution in [-0.2, 0) is 4.79 Å². The Morgan fingerprint density at radius 3 is 2.76 bits per heavy atom. The molecule has 0 unspecified atom stereocenters. The van der Waals surface area contributed by atoms with Gasteiger partial charge >= 0.3 is 0 Å². The first-order valence-corrected chi connectivity index (χ1v) is 13.1. The van der Waals surface area contributed by atoms with Gasteiger partial charge < -0.3 is 25.0 Å². The van der Waals surface area contributed by atoms with Crippen LogP contribution in [0, 0.1) is 25.2 Å². The Bertz CT molecular complexity index is 1390. The van der Waals surface area contributed by atoms with Crippen molar-refractivity contribution >= 4 is 22.8 Å². The molecule has 9 nitrogen and oxygen atoms in total. The lowest BCUT2D eigenvalue weighted by molar-refractivity contribution is -0.138. The molecule has 9 heteroatoms. The normalized spacial score (nSPS) is 20.9. The monoisotopic (exact) mass is 503 g/mol. The molecule has 0 radical (unpaired) electrons. The fourth-order valence-electron chi connectivity index (χ4n) is 5.55. The largest absolute Gasteiger partial charge is 0.493 e. The van der Waals surface area contributed by atoms with Gasteiger partial charge in [-0.15, -0.1) is 0 Å². The summed E-state index contributed by atoms with van der Waals surface area (Å²) in [7, 11) is 0. The van der Waals surface area contributed by atoms with E-state index in [1.54, 1.807) is 4.90 Å². The number of nitrogens with one attached hydrogen (secondary N) is 2. The lowest BCUT2D eigenvalue weighted by Crippen LogP contribution is -2.42. The first kappa shape index (κ1) is 23.9. The van der Waals surface area contributed by atoms with Gasteiger partial charge in [-0.05, 0) is 64.5 Å². The van der Waals surface area contributed by atoms with E-state index in [4.69, 9.17) is 4.74 Å². The van der Waals surface area contributed by atoms with Crippen molar-refractivity contribution < 1.29 is 19.4 Å². The van der Waals surface area contributed by atoms with Crippen molar-refractivity contribution in [1.82, 2.24) is 25.2 Å². The minimum atomic E-state index is -1.05. The van der Waals surface area contributed by atoms with Crippen molar-refractivity contribution in [1.29, 1.82) is 0 Å². The summed E-state index contributed by atoms with van der Waals surface area (Å²) < 4.78 is 6.16. The Morgan fingerprint density at radius 2 is 2.05 bits per heavy atom. The molecule has 2 amide bonds. The Morgan fingerprint density at radius 1 is 1.27 bits per heavy atom. The number of carbonyl (C=O) groups excluding carboxylic acids is 2. The average molecular weight is 504 g/mol. The molecule has 1 saturated heterocycles. The number of aryl methyl sites for hydroxylation is 2. The smallest absolute Gasteiger partial charge is 0.255 e. The SMILES string of the molecule is Cc1ccc(OCC2CC2)c(-c2ncnc3c(C(=O)N[C@@H]4CN(C(=O)[C@H](C)O)CC45CC5)c(C)[nH]c23)c1. The molecule has 0 bridgehead atoms. The summed E-state index contributed by atoms with van der Waals surface area (Å²) in [5.74, 6) is 0.895. The van der Waals surface area contributed by atoms with Gasteiger partial charge in [0.1, 0.15) is 29.4 Å². The molecule has 3 fully saturated rings. The quantitative estimate of drug-likeness (QED) is 0.456. The molecule has 37 heavy (non-hydrogen) atoms. The molecule has 2 aliphatic carbocycles. The Hall–Kier alpha value is -3.46. The third-order valence-corrected chi connectivity index (χ3v) is 8.07. The molecule has 1 aliphatic heterocycles. The van der Waals surface area contributed by atoms with Crippen molar-refractivity contribution in [2.45, 2.75) is 58.6 Å². The highest BCUT2D eigenvalue weighted by molar-refractivity contribution is 6.09. The van der Waals surface area contributed by atoms with Crippen LogP contribution in [0.15, 0.2) is 24.5 Å². The van der Waals surface area contributed by atoms with Gasteiger partial charge in [-0.1, -0.05) is 11.6 Å². The molecule has 2 aromatic heterocycles. The van der Waals surface area contributed by atoms with Gasteiger partial charge in [-0.2, -0.15) is 0 Å². The van der Waals surface area contributed by atoms with Crippen LogP contribution in [0.3, 0.4) is 0 Å². The molecule has 3 N–H and O–H groups in total. The molecule has 3 aliphatic rings. The van der Waals surface area contributed by atoms with E-state index in [2.05, 4.69) is 26.3 Å². The summed E-state index contributed by atoms with van der Waals surface area (Å²) >= 11 is 0. The molecular weight excluding hydrogens is 470 g/mol. The van der Waals surface area contributed by atoms with Crippen molar-refractivity contribution in [2.75, 3.05) is 19.7 Å². The van der Waals surface area contributed by atoms with Gasteiger partial charge in [-0.25, -0.2) is 9.97 Å². The Labute approximate surface area is 215 Å². The molecule has 3 heterocycles. The van der Waals surface area contributed by atoms with Crippen LogP contribution in [-0.4, -0.2) is 68.6 Å². The maximum atomic E-state index is 13.6. The highest BCUT2D eigenvalue weighted by Gasteiger charge is 2.56. The molecule has 194 valence electrons. The predicted octanol–water partition coefficient (Wildman–Crippen LogP) is 3.13. The number of aromatic nitrogens is 3. The van der Waals surface area contributed by atoms with E-state index < -0.39 is 6.10 Å². The van der Waals surface area contributed by atoms with E-state index in [1.165, 1.54) is 26.1 Å². The van der Waals surface area contributed by atoms with Crippen LogP contribution in [0.4, 0.5) is 0 Å². The minimum absolute atomic E-state index is 0.101. The molecule has 2 saturated carbocycles. The number of hydrogen-bond acceptors (Lipinski definition) is 6. The van der Waals surface area contributed by atoms with Crippen LogP contribution >= 0.6 is 0 Å². The predicted molar refractivity (Wildman–Crippen MR) is 138 cm³/mol. The first-order valence-electron chi connectivity index (χ1n) is 13.1. The number of rotatable bonds is 7. The first-order chi connectivity index (χ1) is 17.8. The van der Waals surface area contributed by atoms with Gasteiger partial charge in [0, 0.05) is 29.8 Å². The summed E-state index contributed by atoms with van der Waals surface area (Å²) in [5.41, 5.74) is 5.03. The fourth-order valence-corrected chi connectivity index (χ4v) is 5.55. The minimum Gasteiger partial charge on any atom is -0.493 e. The average Bonchev–Trinajstić information content (AvgIpc) is 3.77. The topological polar surface area (TPSA) is 120 Å². The van der Waals surface area contributed by atoms with E-state index in [9.17, 15) is 14.7 Å². The van der Waals surface area contributed by atoms with Crippen LogP contribution in [0.5, 0.6) is 5.75 Å². The van der Waals surface area contributed by atoms with E-state index in [0.717, 1.165) is 29.7 Å². The standard InChI is InChI=1S/C28H33N5O4/c1-15-4-7-20(37-12-18-5-6-18)19(10-15)23-25-24(30-14-29-23)22(16(2)31-25)26(35)32-21-11-33(27(36)17(3)34)13-28(21)8-9-28/h4,7,10,14,17-18,21,31,34H,5-6,8-9,11-13H2,1-3H3,(H,32,35)/t17-,21+/m0/s1. The number of aliphatic hydroxyl groups is 1. The maximum Gasteiger partial charge on any atom is 0.255 e. The summed E-state index contributed by atoms with van der Waals surface area (Å²) in [5, 5.41) is 13.0. The van der Waals surface area contributed by atoms with Gasteiger partial charge in [0.05, 0.1) is 23.7 Å². The van der Waals surface area contributed by atoms with E-state index in [0.29, 0.717) is 53.6 Å². The van der Waals surface area contributed by atoms with Gasteiger partial charge in [0.15, 0.2) is 0 Å². The Kier molecular flexibility index (Phi) is 5.71. The van der Waals surface area contributed by atoms with Crippen molar-refractivity contribution in [3.63, 3.8) is 0 Å². The highest BCUT2D eigenvalue weighted by Crippen LogP contribution is 2.53. The highest BCUT2D eigenvalue weighted by atomic mass is 16.5. The zero-order valence-corrected chi connectivity index (χ0v) is 21.5. The van der Waals surface area contributed by atoms with Crippen LogP contribution in [0.2, 0.25) is 0 Å². The van der Waals surface area contributed by atoms with Crippen LogP contribution < -0.4 is 10.1 Å². The number of aromatic amines is 1. The number of carbonyl (C=O) groups is 2. The number of ether oxygens (including phenoxy) is 1. The van der Waals surface area contributed by atoms with Crippen LogP contribution in [0.1, 0.15) is 54.2 Å². The number of likely N-dealkylation sites (tertiary alicyclic amines) is 1. The van der Waals surface area contributed by atoms with Crippen LogP contribution in [0.25, 0.3) is 22.3 Å². The molecular formula is C28H33N5O4. The van der Waals surface area contributed by atoms with Gasteiger partial charge in [-0.3, -0.25) is 9.59 Å². The van der Waals surface area contributed by atoms with Crippen molar-refractivity contribution in [3.8, 4) is 17.0 Å². The number of hydrogen-bond donors (Lipinski definition) is 3. The molecule has 1 spiro atoms. The number of amides is 2. The maximum absolute atomic E-state index is 13.6. The van der Waals surface area contributed by atoms with Gasteiger partial charge in [0.25, 0.3) is 11.8 Å². The van der Waals surface area contributed by atoms with Gasteiger partial charge in [0.2, 0.25) is 0 Å². The lowest BCUT2D eigenvalue weighted by Gasteiger charge is -2.19. The zero-order valence-electron chi connectivity index (χ0n) is 21.5. The number of H-pyrrole nitrogens is 1. The summed E-state index contributed by atoms with van der Waals surface area (Å²) in [4.78, 5) is 40.1. The van der Waals surface area contributed by atoms with Crippen molar-refractivity contribution in [3.05, 3.63) is 41.3 Å². The van der Waals surface area contributed by atoms with Crippen molar-refractivity contribution in [2.24, 2.45) is 11.3 Å². The summed E-state index contributed by atoms with van der Waals surface area (Å²) in [6.07, 6.45) is 4.78. The lowest BCUT2D eigenvalue weighted by atomic mass is 10.00. The molecule has 6 rings (SSSR count). The summed E-state index contributed by atoms with van der Waals surface area (Å²) in [6, 6.07) is 5.92. The fraction of sp³-hybridized carbons (Fsp3) is 0.500. The second-order valence-corrected chi connectivity index (χ2v) is 11.1. The molecule has 3 aromatic rings. The van der Waals surface area contributed by atoms with E-state index in [-0.39, 0.29) is 23.3 Å². The Balaban J connectivity index is 1.31. The second kappa shape index (κ2) is 8.83. The number of benzene rings is 1. The number of aliphatic hydroxyl groups excluding tert-OH is 1. The number of nitrogens with zero attached hydrogens (tertiary/aromatic N) is 3.